The molecule has 0 bridgehead atoms. The van der Waals surface area contributed by atoms with Crippen LogP contribution in [-0.2, 0) is 11.3 Å². The van der Waals surface area contributed by atoms with Crippen molar-refractivity contribution in [1.29, 1.82) is 0 Å². The van der Waals surface area contributed by atoms with Gasteiger partial charge in [0.05, 0.1) is 6.61 Å². The van der Waals surface area contributed by atoms with Crippen LogP contribution in [0.25, 0.3) is 0 Å². The predicted octanol–water partition coefficient (Wildman–Crippen LogP) is 2.59. The molecule has 0 amide bonds. The number of nitrogens with one attached hydrogen (secondary N) is 1. The third-order valence-corrected chi connectivity index (χ3v) is 3.34. The standard InChI is InChI=1S/C15H24N2O/c1-17(2)11-14-7-3-4-8-15(14)16-10-13-6-5-9-18-12-13/h3-4,7-8,13,16H,5-6,9-12H2,1-2H3. The Balaban J connectivity index is 1.91. The van der Waals surface area contributed by atoms with E-state index in [0.717, 1.165) is 26.3 Å². The van der Waals surface area contributed by atoms with Crippen LogP contribution >= 0.6 is 0 Å². The third-order valence-electron chi connectivity index (χ3n) is 3.34. The number of anilines is 1. The Labute approximate surface area is 110 Å². The lowest BCUT2D eigenvalue weighted by Gasteiger charge is -2.23. The molecule has 3 nitrogen and oxygen atoms in total. The van der Waals surface area contributed by atoms with Crippen LogP contribution in [-0.4, -0.2) is 38.8 Å². The minimum atomic E-state index is 0.658. The first kappa shape index (κ1) is 13.4. The van der Waals surface area contributed by atoms with E-state index in [9.17, 15) is 0 Å². The Morgan fingerprint density at radius 3 is 2.89 bits per heavy atom. The van der Waals surface area contributed by atoms with Gasteiger partial charge in [-0.3, -0.25) is 0 Å². The van der Waals surface area contributed by atoms with Gasteiger partial charge in [0.25, 0.3) is 0 Å². The summed E-state index contributed by atoms with van der Waals surface area (Å²) in [6.07, 6.45) is 2.48. The molecule has 2 rings (SSSR count). The van der Waals surface area contributed by atoms with E-state index in [1.165, 1.54) is 24.1 Å². The second kappa shape index (κ2) is 6.76. The number of nitrogens with zero attached hydrogens (tertiary/aromatic N) is 1. The molecule has 0 radical (unpaired) electrons. The van der Waals surface area contributed by atoms with Crippen LogP contribution in [0.3, 0.4) is 0 Å². The van der Waals surface area contributed by atoms with Gasteiger partial charge in [0, 0.05) is 25.4 Å². The maximum Gasteiger partial charge on any atom is 0.0511 e. The number of hydrogen-bond donors (Lipinski definition) is 1. The number of para-hydroxylation sites is 1. The van der Waals surface area contributed by atoms with E-state index >= 15 is 0 Å². The molecule has 1 saturated heterocycles. The van der Waals surface area contributed by atoms with Crippen molar-refractivity contribution >= 4 is 5.69 Å². The largest absolute Gasteiger partial charge is 0.384 e. The van der Waals surface area contributed by atoms with Gasteiger partial charge in [-0.25, -0.2) is 0 Å². The predicted molar refractivity (Wildman–Crippen MR) is 75.9 cm³/mol. The first-order valence-corrected chi connectivity index (χ1v) is 6.80. The van der Waals surface area contributed by atoms with Gasteiger partial charge in [-0.05, 0) is 44.5 Å². The zero-order chi connectivity index (χ0) is 12.8. The molecule has 1 N–H and O–H groups in total. The average Bonchev–Trinajstić information content (AvgIpc) is 2.38. The lowest BCUT2D eigenvalue weighted by molar-refractivity contribution is 0.0595. The molecule has 0 spiro atoms. The van der Waals surface area contributed by atoms with Gasteiger partial charge >= 0.3 is 0 Å². The summed E-state index contributed by atoms with van der Waals surface area (Å²) in [6.45, 7) is 3.84. The number of ether oxygens (including phenoxy) is 1. The van der Waals surface area contributed by atoms with Crippen LogP contribution in [0.4, 0.5) is 5.69 Å². The molecule has 1 atom stereocenters. The van der Waals surface area contributed by atoms with E-state index < -0.39 is 0 Å². The van der Waals surface area contributed by atoms with E-state index in [1.807, 2.05) is 0 Å². The van der Waals surface area contributed by atoms with E-state index in [1.54, 1.807) is 0 Å². The molecular formula is C15H24N2O. The molecule has 1 unspecified atom stereocenters. The lowest BCUT2D eigenvalue weighted by atomic mass is 10.0. The van der Waals surface area contributed by atoms with Gasteiger partial charge in [-0.15, -0.1) is 0 Å². The lowest BCUT2D eigenvalue weighted by Crippen LogP contribution is -2.25. The van der Waals surface area contributed by atoms with Gasteiger partial charge < -0.3 is 15.0 Å². The molecule has 0 aliphatic carbocycles. The number of hydrogen-bond acceptors (Lipinski definition) is 3. The summed E-state index contributed by atoms with van der Waals surface area (Å²) >= 11 is 0. The maximum atomic E-state index is 5.52. The number of rotatable bonds is 5. The summed E-state index contributed by atoms with van der Waals surface area (Å²) in [5.74, 6) is 0.658. The Hall–Kier alpha value is -1.06. The minimum absolute atomic E-state index is 0.658. The van der Waals surface area contributed by atoms with E-state index in [0.29, 0.717) is 5.92 Å². The zero-order valence-electron chi connectivity index (χ0n) is 11.5. The summed E-state index contributed by atoms with van der Waals surface area (Å²) in [7, 11) is 4.21. The van der Waals surface area contributed by atoms with Crippen molar-refractivity contribution in [3.05, 3.63) is 29.8 Å². The van der Waals surface area contributed by atoms with E-state index in [4.69, 9.17) is 4.74 Å². The first-order valence-electron chi connectivity index (χ1n) is 6.80. The third kappa shape index (κ3) is 4.00. The van der Waals surface area contributed by atoms with Crippen molar-refractivity contribution in [3.63, 3.8) is 0 Å². The van der Waals surface area contributed by atoms with Crippen molar-refractivity contribution in [2.24, 2.45) is 5.92 Å². The highest BCUT2D eigenvalue weighted by Crippen LogP contribution is 2.19. The highest BCUT2D eigenvalue weighted by molar-refractivity contribution is 5.51. The quantitative estimate of drug-likeness (QED) is 0.867. The van der Waals surface area contributed by atoms with E-state index in [2.05, 4.69) is 48.6 Å². The summed E-state index contributed by atoms with van der Waals surface area (Å²) in [4.78, 5) is 2.20. The average molecular weight is 248 g/mol. The maximum absolute atomic E-state index is 5.52. The normalized spacial score (nSPS) is 20.1. The Morgan fingerprint density at radius 2 is 2.17 bits per heavy atom. The Morgan fingerprint density at radius 1 is 1.33 bits per heavy atom. The smallest absolute Gasteiger partial charge is 0.0511 e. The summed E-state index contributed by atoms with van der Waals surface area (Å²) in [5, 5.41) is 3.58. The molecular weight excluding hydrogens is 224 g/mol. The molecule has 100 valence electrons. The highest BCUT2D eigenvalue weighted by atomic mass is 16.5. The first-order chi connectivity index (χ1) is 8.75. The van der Waals surface area contributed by atoms with Crippen molar-refractivity contribution in [3.8, 4) is 0 Å². The second-order valence-electron chi connectivity index (χ2n) is 5.36. The molecule has 1 heterocycles. The number of benzene rings is 1. The summed E-state index contributed by atoms with van der Waals surface area (Å²) in [6, 6.07) is 8.56. The Bertz CT molecular complexity index is 359. The molecule has 1 fully saturated rings. The zero-order valence-corrected chi connectivity index (χ0v) is 11.5. The molecule has 1 aromatic carbocycles. The monoisotopic (exact) mass is 248 g/mol. The summed E-state index contributed by atoms with van der Waals surface area (Å²) in [5.41, 5.74) is 2.62. The highest BCUT2D eigenvalue weighted by Gasteiger charge is 2.14. The van der Waals surface area contributed by atoms with Gasteiger partial charge in [-0.2, -0.15) is 0 Å². The minimum Gasteiger partial charge on any atom is -0.384 e. The fourth-order valence-electron chi connectivity index (χ4n) is 2.39. The van der Waals surface area contributed by atoms with Crippen molar-refractivity contribution in [2.75, 3.05) is 39.2 Å². The van der Waals surface area contributed by atoms with Crippen LogP contribution < -0.4 is 5.32 Å². The van der Waals surface area contributed by atoms with Gasteiger partial charge in [0.1, 0.15) is 0 Å². The van der Waals surface area contributed by atoms with Gasteiger partial charge in [-0.1, -0.05) is 18.2 Å². The molecule has 0 aromatic heterocycles. The van der Waals surface area contributed by atoms with Crippen LogP contribution in [0.1, 0.15) is 18.4 Å². The topological polar surface area (TPSA) is 24.5 Å². The fourth-order valence-corrected chi connectivity index (χ4v) is 2.39. The van der Waals surface area contributed by atoms with Crippen LogP contribution in [0.2, 0.25) is 0 Å². The summed E-state index contributed by atoms with van der Waals surface area (Å²) < 4.78 is 5.52. The van der Waals surface area contributed by atoms with Crippen LogP contribution in [0.5, 0.6) is 0 Å². The molecule has 1 aromatic rings. The Kier molecular flexibility index (Phi) is 5.02. The van der Waals surface area contributed by atoms with E-state index in [-0.39, 0.29) is 0 Å². The van der Waals surface area contributed by atoms with Crippen molar-refractivity contribution < 1.29 is 4.74 Å². The van der Waals surface area contributed by atoms with Crippen molar-refractivity contribution in [2.45, 2.75) is 19.4 Å². The molecule has 3 heteroatoms. The second-order valence-corrected chi connectivity index (χ2v) is 5.36. The molecule has 0 saturated carbocycles. The SMILES string of the molecule is CN(C)Cc1ccccc1NCC1CCCOC1. The fraction of sp³-hybridized carbons (Fsp3) is 0.600. The van der Waals surface area contributed by atoms with Crippen molar-refractivity contribution in [1.82, 2.24) is 4.90 Å². The molecule has 1 aliphatic heterocycles. The van der Waals surface area contributed by atoms with Crippen LogP contribution in [0, 0.1) is 5.92 Å². The molecule has 18 heavy (non-hydrogen) atoms. The molecule has 1 aliphatic rings. The van der Waals surface area contributed by atoms with Gasteiger partial charge in [0.2, 0.25) is 0 Å². The van der Waals surface area contributed by atoms with Gasteiger partial charge in [0.15, 0.2) is 0 Å². The van der Waals surface area contributed by atoms with Crippen LogP contribution in [0.15, 0.2) is 24.3 Å².